The number of hydrogen-bond acceptors (Lipinski definition) is 5. The van der Waals surface area contributed by atoms with E-state index in [0.717, 1.165) is 0 Å². The third-order valence-electron chi connectivity index (χ3n) is 2.88. The zero-order valence-electron chi connectivity index (χ0n) is 9.92. The van der Waals surface area contributed by atoms with E-state index in [1.54, 1.807) is 6.92 Å². The van der Waals surface area contributed by atoms with Crippen molar-refractivity contribution in [3.63, 3.8) is 0 Å². The lowest BCUT2D eigenvalue weighted by molar-refractivity contribution is -0.384. The summed E-state index contributed by atoms with van der Waals surface area (Å²) >= 11 is 5.81. The van der Waals surface area contributed by atoms with Crippen LogP contribution in [-0.4, -0.2) is 29.3 Å². The zero-order chi connectivity index (χ0) is 14.2. The molecule has 1 atom stereocenters. The van der Waals surface area contributed by atoms with Crippen LogP contribution in [0.5, 0.6) is 0 Å². The molecule has 1 aromatic rings. The molecule has 0 aromatic heterocycles. The van der Waals surface area contributed by atoms with E-state index in [4.69, 9.17) is 11.6 Å². The van der Waals surface area contributed by atoms with Gasteiger partial charge in [-0.3, -0.25) is 25.0 Å². The van der Waals surface area contributed by atoms with E-state index >= 15 is 0 Å². The van der Waals surface area contributed by atoms with Crippen LogP contribution in [0.1, 0.15) is 6.92 Å². The standard InChI is InChI=1S/C11H10ClN3O4/c1-6-11(17)13-9(16)5-14(6)8-4-2-3-7(12)10(8)15(18)19/h2-4,6H,5H2,1H3,(H,13,16,17). The lowest BCUT2D eigenvalue weighted by atomic mass is 10.1. The number of carbonyl (C=O) groups excluding carboxylic acids is 2. The molecule has 19 heavy (non-hydrogen) atoms. The molecule has 7 nitrogen and oxygen atoms in total. The summed E-state index contributed by atoms with van der Waals surface area (Å²) in [4.78, 5) is 34.8. The van der Waals surface area contributed by atoms with Crippen molar-refractivity contribution in [2.75, 3.05) is 11.4 Å². The van der Waals surface area contributed by atoms with Gasteiger partial charge in [0.25, 0.3) is 0 Å². The van der Waals surface area contributed by atoms with Crippen molar-refractivity contribution in [1.29, 1.82) is 0 Å². The molecular formula is C11H10ClN3O4. The highest BCUT2D eigenvalue weighted by molar-refractivity contribution is 6.33. The van der Waals surface area contributed by atoms with E-state index in [1.165, 1.54) is 23.1 Å². The van der Waals surface area contributed by atoms with Gasteiger partial charge in [0.2, 0.25) is 11.8 Å². The first-order chi connectivity index (χ1) is 8.91. The lowest BCUT2D eigenvalue weighted by Gasteiger charge is -2.33. The third kappa shape index (κ3) is 2.37. The van der Waals surface area contributed by atoms with E-state index in [9.17, 15) is 19.7 Å². The second-order valence-electron chi connectivity index (χ2n) is 4.08. The molecule has 2 rings (SSSR count). The predicted molar refractivity (Wildman–Crippen MR) is 68.1 cm³/mol. The summed E-state index contributed by atoms with van der Waals surface area (Å²) in [5.41, 5.74) is -0.147. The van der Waals surface area contributed by atoms with Crippen LogP contribution in [0.4, 0.5) is 11.4 Å². The molecule has 1 aliphatic heterocycles. The number of carbonyl (C=O) groups is 2. The first-order valence-electron chi connectivity index (χ1n) is 5.45. The Hall–Kier alpha value is -2.15. The number of piperazine rings is 1. The smallest absolute Gasteiger partial charge is 0.310 e. The van der Waals surface area contributed by atoms with Crippen LogP contribution in [0.3, 0.4) is 0 Å². The Morgan fingerprint density at radius 2 is 2.16 bits per heavy atom. The number of benzene rings is 1. The Bertz CT molecular complexity index is 575. The van der Waals surface area contributed by atoms with Crippen LogP contribution in [-0.2, 0) is 9.59 Å². The molecule has 1 heterocycles. The number of imide groups is 1. The van der Waals surface area contributed by atoms with Gasteiger partial charge in [0.15, 0.2) is 0 Å². The maximum Gasteiger partial charge on any atom is 0.310 e. The largest absolute Gasteiger partial charge is 0.345 e. The summed E-state index contributed by atoms with van der Waals surface area (Å²) in [6.07, 6.45) is 0. The molecule has 1 saturated heterocycles. The molecule has 8 heteroatoms. The molecular weight excluding hydrogens is 274 g/mol. The summed E-state index contributed by atoms with van der Waals surface area (Å²) in [6.45, 7) is 1.43. The maximum atomic E-state index is 11.6. The number of nitrogens with zero attached hydrogens (tertiary/aromatic N) is 2. The number of rotatable bonds is 2. The van der Waals surface area contributed by atoms with E-state index in [-0.39, 0.29) is 22.9 Å². The van der Waals surface area contributed by atoms with Gasteiger partial charge in [-0.2, -0.15) is 0 Å². The topological polar surface area (TPSA) is 92.6 Å². The average Bonchev–Trinajstić information content (AvgIpc) is 2.33. The fourth-order valence-corrected chi connectivity index (χ4v) is 2.16. The third-order valence-corrected chi connectivity index (χ3v) is 3.19. The fraction of sp³-hybridized carbons (Fsp3) is 0.273. The normalized spacial score (nSPS) is 19.3. The fourth-order valence-electron chi connectivity index (χ4n) is 1.92. The highest BCUT2D eigenvalue weighted by Gasteiger charge is 2.34. The summed E-state index contributed by atoms with van der Waals surface area (Å²) < 4.78 is 0. The van der Waals surface area contributed by atoms with Crippen molar-refractivity contribution in [2.45, 2.75) is 13.0 Å². The van der Waals surface area contributed by atoms with Crippen LogP contribution in [0.2, 0.25) is 5.02 Å². The van der Waals surface area contributed by atoms with Crippen LogP contribution in [0.25, 0.3) is 0 Å². The second kappa shape index (κ2) is 4.85. The van der Waals surface area contributed by atoms with Crippen molar-refractivity contribution in [3.05, 3.63) is 33.3 Å². The average molecular weight is 284 g/mol. The number of anilines is 1. The molecule has 0 aliphatic carbocycles. The van der Waals surface area contributed by atoms with Gasteiger partial charge in [0, 0.05) is 0 Å². The van der Waals surface area contributed by atoms with Crippen LogP contribution in [0.15, 0.2) is 18.2 Å². The van der Waals surface area contributed by atoms with Gasteiger partial charge < -0.3 is 4.90 Å². The van der Waals surface area contributed by atoms with Crippen molar-refractivity contribution in [2.24, 2.45) is 0 Å². The van der Waals surface area contributed by atoms with E-state index in [1.807, 2.05) is 0 Å². The van der Waals surface area contributed by atoms with Gasteiger partial charge in [-0.1, -0.05) is 17.7 Å². The Morgan fingerprint density at radius 1 is 1.47 bits per heavy atom. The molecule has 100 valence electrons. The van der Waals surface area contributed by atoms with Gasteiger partial charge >= 0.3 is 5.69 Å². The number of nitro benzene ring substituents is 1. The predicted octanol–water partition coefficient (Wildman–Crippen LogP) is 1.10. The summed E-state index contributed by atoms with van der Waals surface area (Å²) in [5.74, 6) is -0.997. The second-order valence-corrected chi connectivity index (χ2v) is 4.49. The van der Waals surface area contributed by atoms with Gasteiger partial charge in [-0.25, -0.2) is 0 Å². The van der Waals surface area contributed by atoms with E-state index in [0.29, 0.717) is 0 Å². The van der Waals surface area contributed by atoms with Gasteiger partial charge in [-0.05, 0) is 19.1 Å². The highest BCUT2D eigenvalue weighted by atomic mass is 35.5. The minimum Gasteiger partial charge on any atom is -0.345 e. The first-order valence-corrected chi connectivity index (χ1v) is 5.83. The monoisotopic (exact) mass is 283 g/mol. The van der Waals surface area contributed by atoms with Crippen molar-refractivity contribution >= 4 is 34.8 Å². The van der Waals surface area contributed by atoms with Crippen LogP contribution in [0, 0.1) is 10.1 Å². The highest BCUT2D eigenvalue weighted by Crippen LogP contribution is 2.36. The minimum absolute atomic E-state index is 0.0341. The zero-order valence-corrected chi connectivity index (χ0v) is 10.7. The molecule has 0 saturated carbocycles. The number of nitrogens with one attached hydrogen (secondary N) is 1. The number of amides is 2. The Balaban J connectivity index is 2.52. The van der Waals surface area contributed by atoms with Crippen molar-refractivity contribution < 1.29 is 14.5 Å². The molecule has 2 amide bonds. The van der Waals surface area contributed by atoms with Crippen molar-refractivity contribution in [3.8, 4) is 0 Å². The number of nitro groups is 1. The van der Waals surface area contributed by atoms with Gasteiger partial charge in [0.05, 0.1) is 11.5 Å². The van der Waals surface area contributed by atoms with E-state index in [2.05, 4.69) is 5.32 Å². The minimum atomic E-state index is -0.685. The summed E-state index contributed by atoms with van der Waals surface area (Å²) in [7, 11) is 0. The Kier molecular flexibility index (Phi) is 3.39. The number of hydrogen-bond donors (Lipinski definition) is 1. The van der Waals surface area contributed by atoms with Gasteiger partial charge in [-0.15, -0.1) is 0 Å². The molecule has 0 spiro atoms. The van der Waals surface area contributed by atoms with Gasteiger partial charge in [0.1, 0.15) is 16.8 Å². The quantitative estimate of drug-likeness (QED) is 0.498. The SMILES string of the molecule is CC1C(=O)NC(=O)CN1c1cccc(Cl)c1[N+](=O)[O-]. The lowest BCUT2D eigenvalue weighted by Crippen LogP contribution is -2.57. The summed E-state index contributed by atoms with van der Waals surface area (Å²) in [6, 6.07) is 3.70. The van der Waals surface area contributed by atoms with Crippen LogP contribution < -0.4 is 10.2 Å². The maximum absolute atomic E-state index is 11.6. The van der Waals surface area contributed by atoms with Crippen molar-refractivity contribution in [1.82, 2.24) is 5.32 Å². The molecule has 1 unspecified atom stereocenters. The molecule has 0 bridgehead atoms. The summed E-state index contributed by atoms with van der Waals surface area (Å²) in [5, 5.41) is 13.2. The molecule has 1 aliphatic rings. The molecule has 0 radical (unpaired) electrons. The first kappa shape index (κ1) is 13.3. The number of halogens is 1. The molecule has 1 fully saturated rings. The number of para-hydroxylation sites is 1. The van der Waals surface area contributed by atoms with E-state index < -0.39 is 22.8 Å². The Morgan fingerprint density at radius 3 is 2.79 bits per heavy atom. The van der Waals surface area contributed by atoms with Crippen LogP contribution >= 0.6 is 11.6 Å². The molecule has 1 aromatic carbocycles. The Labute approximate surface area is 113 Å². The molecule has 1 N–H and O–H groups in total.